The molecule has 0 atom stereocenters. The minimum atomic E-state index is -1.36. The number of ketones is 2. The van der Waals surface area contributed by atoms with Gasteiger partial charge in [0, 0.05) is 11.1 Å². The van der Waals surface area contributed by atoms with Crippen LogP contribution in [0.15, 0.2) is 36.4 Å². The van der Waals surface area contributed by atoms with Crippen LogP contribution in [0.25, 0.3) is 11.1 Å². The summed E-state index contributed by atoms with van der Waals surface area (Å²) in [5.41, 5.74) is -5.89. The molecule has 4 aromatic rings. The van der Waals surface area contributed by atoms with Gasteiger partial charge in [-0.1, -0.05) is 0 Å². The maximum atomic E-state index is 13.7. The van der Waals surface area contributed by atoms with Crippen LogP contribution in [0.3, 0.4) is 0 Å². The Hall–Kier alpha value is -6.44. The highest BCUT2D eigenvalue weighted by Gasteiger charge is 2.34. The lowest BCUT2D eigenvalue weighted by molar-refractivity contribution is 0.0585. The monoisotopic (exact) mass is 634 g/mol. The van der Waals surface area contributed by atoms with Gasteiger partial charge in [0.15, 0.2) is 0 Å². The third-order valence-electron chi connectivity index (χ3n) is 7.23. The fourth-order valence-electron chi connectivity index (χ4n) is 4.93. The number of benzene rings is 4. The number of esters is 2. The van der Waals surface area contributed by atoms with Crippen LogP contribution in [-0.4, -0.2) is 78.6 Å². The normalized spacial score (nSPS) is 10.8. The highest BCUT2D eigenvalue weighted by atomic mass is 16.5. The van der Waals surface area contributed by atoms with Crippen LogP contribution in [0.2, 0.25) is 0 Å². The summed E-state index contributed by atoms with van der Waals surface area (Å²) in [6.45, 7) is 2.65. The Bertz CT molecular complexity index is 1850. The molecular weight excluding hydrogens is 608 g/mol. The van der Waals surface area contributed by atoms with Gasteiger partial charge in [0.1, 0.15) is 68.2 Å². The van der Waals surface area contributed by atoms with Crippen molar-refractivity contribution in [1.29, 1.82) is 0 Å². The number of aromatic hydroxyl groups is 8. The van der Waals surface area contributed by atoms with Crippen LogP contribution in [0, 0.1) is 13.8 Å². The van der Waals surface area contributed by atoms with Gasteiger partial charge >= 0.3 is 11.9 Å². The molecular formula is C32H26O14. The molecule has 0 fully saturated rings. The van der Waals surface area contributed by atoms with E-state index in [0.29, 0.717) is 0 Å². The Kier molecular flexibility index (Phi) is 8.41. The molecule has 14 nitrogen and oxygen atoms in total. The third-order valence-corrected chi connectivity index (χ3v) is 7.23. The van der Waals surface area contributed by atoms with Gasteiger partial charge in [0.05, 0.1) is 25.3 Å². The quantitative estimate of drug-likeness (QED) is 0.0821. The molecule has 0 saturated heterocycles. The molecule has 0 unspecified atom stereocenters. The first-order chi connectivity index (χ1) is 21.6. The van der Waals surface area contributed by atoms with E-state index in [1.807, 2.05) is 0 Å². The van der Waals surface area contributed by atoms with Crippen LogP contribution in [0.4, 0.5) is 0 Å². The van der Waals surface area contributed by atoms with E-state index in [0.717, 1.165) is 50.6 Å². The van der Waals surface area contributed by atoms with Crippen molar-refractivity contribution in [2.24, 2.45) is 0 Å². The first kappa shape index (κ1) is 32.5. The number of aryl methyl sites for hydroxylation is 2. The summed E-state index contributed by atoms with van der Waals surface area (Å²) in [6, 6.07) is 5.75. The summed E-state index contributed by atoms with van der Waals surface area (Å²) in [7, 11) is 1.90. The number of methoxy groups -OCH3 is 2. The van der Waals surface area contributed by atoms with E-state index < -0.39 is 114 Å². The van der Waals surface area contributed by atoms with Crippen molar-refractivity contribution in [3.63, 3.8) is 0 Å². The van der Waals surface area contributed by atoms with Crippen molar-refractivity contribution in [3.8, 4) is 57.1 Å². The minimum Gasteiger partial charge on any atom is -0.507 e. The molecule has 0 aliphatic rings. The number of carbonyl (C=O) groups excluding carboxylic acids is 4. The summed E-state index contributed by atoms with van der Waals surface area (Å²) in [6.07, 6.45) is 0. The second-order valence-electron chi connectivity index (χ2n) is 9.98. The molecule has 4 rings (SSSR count). The van der Waals surface area contributed by atoms with E-state index in [4.69, 9.17) is 0 Å². The van der Waals surface area contributed by atoms with Crippen LogP contribution in [-0.2, 0) is 9.47 Å². The first-order valence-corrected chi connectivity index (χ1v) is 13.1. The maximum absolute atomic E-state index is 13.7. The first-order valence-electron chi connectivity index (χ1n) is 13.1. The lowest BCUT2D eigenvalue weighted by Crippen LogP contribution is -2.14. The maximum Gasteiger partial charge on any atom is 0.342 e. The van der Waals surface area contributed by atoms with E-state index in [2.05, 4.69) is 9.47 Å². The van der Waals surface area contributed by atoms with Crippen LogP contribution in [0.1, 0.15) is 63.7 Å². The molecule has 238 valence electrons. The Morgan fingerprint density at radius 2 is 0.783 bits per heavy atom. The smallest absolute Gasteiger partial charge is 0.342 e. The largest absolute Gasteiger partial charge is 0.507 e. The van der Waals surface area contributed by atoms with Gasteiger partial charge in [-0.15, -0.1) is 0 Å². The van der Waals surface area contributed by atoms with Crippen molar-refractivity contribution < 1.29 is 69.5 Å². The topological polar surface area (TPSA) is 249 Å². The van der Waals surface area contributed by atoms with Crippen molar-refractivity contribution in [2.45, 2.75) is 13.8 Å². The van der Waals surface area contributed by atoms with Crippen molar-refractivity contribution >= 4 is 23.5 Å². The number of carbonyl (C=O) groups is 4. The van der Waals surface area contributed by atoms with Gasteiger partial charge in [0.25, 0.3) is 0 Å². The van der Waals surface area contributed by atoms with Crippen LogP contribution in [0.5, 0.6) is 46.0 Å². The zero-order valence-electron chi connectivity index (χ0n) is 24.5. The molecule has 0 saturated carbocycles. The Labute approximate surface area is 259 Å². The molecule has 8 N–H and O–H groups in total. The molecule has 0 aliphatic heterocycles. The summed E-state index contributed by atoms with van der Waals surface area (Å²) in [4.78, 5) is 52.3. The number of hydrogen-bond donors (Lipinski definition) is 8. The van der Waals surface area contributed by atoms with Gasteiger partial charge in [-0.2, -0.15) is 0 Å². The van der Waals surface area contributed by atoms with Gasteiger partial charge in [-0.3, -0.25) is 9.59 Å². The Morgan fingerprint density at radius 1 is 0.457 bits per heavy atom. The zero-order valence-corrected chi connectivity index (χ0v) is 24.5. The van der Waals surface area contributed by atoms with E-state index in [1.54, 1.807) is 0 Å². The fourth-order valence-corrected chi connectivity index (χ4v) is 4.93. The predicted molar refractivity (Wildman–Crippen MR) is 157 cm³/mol. The van der Waals surface area contributed by atoms with Crippen molar-refractivity contribution in [3.05, 3.63) is 80.9 Å². The van der Waals surface area contributed by atoms with E-state index in [-0.39, 0.29) is 11.1 Å². The number of ether oxygens (including phenoxy) is 2. The number of phenolic OH excluding ortho intramolecular Hbond substituents is 8. The molecule has 4 aromatic carbocycles. The predicted octanol–water partition coefficient (Wildman–Crippen LogP) is 3.65. The minimum absolute atomic E-state index is 0.00820. The van der Waals surface area contributed by atoms with Crippen molar-refractivity contribution in [1.82, 2.24) is 0 Å². The third kappa shape index (κ3) is 5.06. The average Bonchev–Trinajstić information content (AvgIpc) is 3.00. The second kappa shape index (κ2) is 11.9. The van der Waals surface area contributed by atoms with Crippen LogP contribution >= 0.6 is 0 Å². The standard InChI is InChI=1S/C32H26O14/c1-11-9-17(35)19(23(25(11)37)31(43)45-3)29(41)21-15(33)7-5-13(27(21)39)14-6-8-16(34)22(28(14)40)30(42)20-18(36)10-12(2)26(38)24(20)32(44)46-4/h5-10,33-40H,1-4H3. The molecule has 0 heterocycles. The number of phenols is 8. The molecule has 0 bridgehead atoms. The highest BCUT2D eigenvalue weighted by Crippen LogP contribution is 2.47. The van der Waals surface area contributed by atoms with Gasteiger partial charge in [-0.05, 0) is 61.4 Å². The van der Waals surface area contributed by atoms with Gasteiger partial charge in [0.2, 0.25) is 11.6 Å². The molecule has 0 amide bonds. The zero-order chi connectivity index (χ0) is 34.4. The molecule has 0 spiro atoms. The van der Waals surface area contributed by atoms with E-state index in [9.17, 15) is 60.0 Å². The summed E-state index contributed by atoms with van der Waals surface area (Å²) >= 11 is 0. The van der Waals surface area contributed by atoms with E-state index in [1.165, 1.54) is 13.8 Å². The second-order valence-corrected chi connectivity index (χ2v) is 9.98. The summed E-state index contributed by atoms with van der Waals surface area (Å²) in [5, 5.41) is 85.8. The summed E-state index contributed by atoms with van der Waals surface area (Å²) < 4.78 is 9.24. The molecule has 0 aromatic heterocycles. The SMILES string of the molecule is COC(=O)c1c(O)c(C)cc(O)c1C(=O)c1c(O)ccc(-c2ccc(O)c(C(=O)c3c(O)cc(C)c(O)c3C(=O)OC)c2O)c1O. The lowest BCUT2D eigenvalue weighted by atomic mass is 9.89. The summed E-state index contributed by atoms with van der Waals surface area (Å²) in [5.74, 6) is -12.0. The molecule has 0 aliphatic carbocycles. The lowest BCUT2D eigenvalue weighted by Gasteiger charge is -2.18. The molecule has 14 heteroatoms. The van der Waals surface area contributed by atoms with Gasteiger partial charge in [-0.25, -0.2) is 9.59 Å². The Balaban J connectivity index is 1.97. The van der Waals surface area contributed by atoms with Crippen molar-refractivity contribution in [2.75, 3.05) is 14.2 Å². The highest BCUT2D eigenvalue weighted by molar-refractivity contribution is 6.21. The molecule has 46 heavy (non-hydrogen) atoms. The Morgan fingerprint density at radius 3 is 1.09 bits per heavy atom. The fraction of sp³-hybridized carbons (Fsp3) is 0.125. The number of rotatable bonds is 7. The average molecular weight is 635 g/mol. The van der Waals surface area contributed by atoms with Crippen LogP contribution < -0.4 is 0 Å². The molecule has 0 radical (unpaired) electrons. The van der Waals surface area contributed by atoms with E-state index >= 15 is 0 Å². The van der Waals surface area contributed by atoms with Gasteiger partial charge < -0.3 is 50.3 Å². The number of hydrogen-bond acceptors (Lipinski definition) is 14.